The van der Waals surface area contributed by atoms with Crippen molar-refractivity contribution < 1.29 is 0 Å². The fourth-order valence-electron chi connectivity index (χ4n) is 1.21. The minimum absolute atomic E-state index is 0.236. The number of hydrogen-bond donors (Lipinski definition) is 1. The number of nitriles is 2. The van der Waals surface area contributed by atoms with Crippen LogP contribution in [0.5, 0.6) is 0 Å². The van der Waals surface area contributed by atoms with Gasteiger partial charge in [-0.15, -0.1) is 0 Å². The number of nitrogens with zero attached hydrogens (tertiary/aromatic N) is 2. The molecule has 0 radical (unpaired) electrons. The molecule has 64 valence electrons. The van der Waals surface area contributed by atoms with Crippen LogP contribution in [0.25, 0.3) is 0 Å². The van der Waals surface area contributed by atoms with Gasteiger partial charge in [0.1, 0.15) is 6.07 Å². The average molecular weight is 171 g/mol. The molecule has 0 atom stereocenters. The van der Waals surface area contributed by atoms with Crippen molar-refractivity contribution in [3.05, 3.63) is 28.8 Å². The molecule has 1 rings (SSSR count). The van der Waals surface area contributed by atoms with E-state index in [-0.39, 0.29) is 6.42 Å². The lowest BCUT2D eigenvalue weighted by Crippen LogP contribution is -1.98. The number of benzene rings is 1. The third kappa shape index (κ3) is 1.60. The maximum atomic E-state index is 8.81. The molecule has 3 heteroatoms. The van der Waals surface area contributed by atoms with Gasteiger partial charge in [-0.05, 0) is 24.1 Å². The fraction of sp³-hybridized carbons (Fsp3) is 0.200. The Morgan fingerprint density at radius 1 is 1.38 bits per heavy atom. The summed E-state index contributed by atoms with van der Waals surface area (Å²) in [7, 11) is 0. The van der Waals surface area contributed by atoms with Crippen LogP contribution in [-0.2, 0) is 6.42 Å². The van der Waals surface area contributed by atoms with Gasteiger partial charge in [0, 0.05) is 5.69 Å². The van der Waals surface area contributed by atoms with Gasteiger partial charge >= 0.3 is 0 Å². The van der Waals surface area contributed by atoms with E-state index in [0.29, 0.717) is 11.3 Å². The van der Waals surface area contributed by atoms with Crippen LogP contribution in [0.2, 0.25) is 0 Å². The summed E-state index contributed by atoms with van der Waals surface area (Å²) in [5.41, 5.74) is 8.15. The number of anilines is 1. The Hall–Kier alpha value is -2.00. The predicted molar refractivity (Wildman–Crippen MR) is 49.6 cm³/mol. The molecular formula is C10H9N3. The Labute approximate surface area is 77.0 Å². The summed E-state index contributed by atoms with van der Waals surface area (Å²) in [6.07, 6.45) is 0.236. The van der Waals surface area contributed by atoms with Crippen LogP contribution in [0.1, 0.15) is 16.7 Å². The molecular weight excluding hydrogens is 162 g/mol. The standard InChI is InChI=1S/C10H9N3/c1-7-2-3-10(13)9(6-12)8(7)4-5-11/h2-3H,4,13H2,1H3. The van der Waals surface area contributed by atoms with Crippen LogP contribution in [0.15, 0.2) is 12.1 Å². The van der Waals surface area contributed by atoms with E-state index in [9.17, 15) is 0 Å². The highest BCUT2D eigenvalue weighted by molar-refractivity contribution is 5.60. The molecule has 1 aromatic carbocycles. The second-order valence-corrected chi connectivity index (χ2v) is 2.77. The number of rotatable bonds is 1. The Bertz CT molecular complexity index is 407. The van der Waals surface area contributed by atoms with Gasteiger partial charge in [0.15, 0.2) is 0 Å². The normalized spacial score (nSPS) is 8.85. The highest BCUT2D eigenvalue weighted by Gasteiger charge is 2.07. The van der Waals surface area contributed by atoms with Gasteiger partial charge in [0.05, 0.1) is 18.1 Å². The smallest absolute Gasteiger partial charge is 0.102 e. The van der Waals surface area contributed by atoms with Crippen LogP contribution in [0.4, 0.5) is 5.69 Å². The summed E-state index contributed by atoms with van der Waals surface area (Å²) in [5, 5.41) is 17.4. The van der Waals surface area contributed by atoms with Crippen LogP contribution >= 0.6 is 0 Å². The van der Waals surface area contributed by atoms with E-state index in [1.165, 1.54) is 0 Å². The SMILES string of the molecule is Cc1ccc(N)c(C#N)c1CC#N. The number of aryl methyl sites for hydroxylation is 1. The molecule has 13 heavy (non-hydrogen) atoms. The Kier molecular flexibility index (Phi) is 2.52. The summed E-state index contributed by atoms with van der Waals surface area (Å²) < 4.78 is 0. The molecule has 0 amide bonds. The first-order valence-electron chi connectivity index (χ1n) is 3.85. The average Bonchev–Trinajstić information content (AvgIpc) is 2.12. The van der Waals surface area contributed by atoms with Gasteiger partial charge in [-0.1, -0.05) is 6.07 Å². The molecule has 0 heterocycles. The zero-order valence-corrected chi connectivity index (χ0v) is 7.33. The maximum absolute atomic E-state index is 8.81. The third-order valence-electron chi connectivity index (χ3n) is 1.95. The molecule has 2 N–H and O–H groups in total. The molecule has 0 spiro atoms. The van der Waals surface area contributed by atoms with E-state index in [1.807, 2.05) is 25.1 Å². The van der Waals surface area contributed by atoms with E-state index in [0.717, 1.165) is 11.1 Å². The van der Waals surface area contributed by atoms with E-state index in [2.05, 4.69) is 0 Å². The molecule has 0 aliphatic heterocycles. The maximum Gasteiger partial charge on any atom is 0.102 e. The summed E-state index contributed by atoms with van der Waals surface area (Å²) in [4.78, 5) is 0. The van der Waals surface area contributed by atoms with Crippen LogP contribution < -0.4 is 5.73 Å². The lowest BCUT2D eigenvalue weighted by Gasteiger charge is -2.05. The number of hydrogen-bond acceptors (Lipinski definition) is 3. The molecule has 0 saturated carbocycles. The molecule has 0 aliphatic rings. The molecule has 0 aromatic heterocycles. The van der Waals surface area contributed by atoms with Crippen molar-refractivity contribution in [3.8, 4) is 12.1 Å². The van der Waals surface area contributed by atoms with Crippen LogP contribution in [0.3, 0.4) is 0 Å². The quantitative estimate of drug-likeness (QED) is 0.651. The minimum Gasteiger partial charge on any atom is -0.398 e. The largest absolute Gasteiger partial charge is 0.398 e. The first kappa shape index (κ1) is 9.09. The number of nitrogens with two attached hydrogens (primary N) is 1. The third-order valence-corrected chi connectivity index (χ3v) is 1.95. The molecule has 3 nitrogen and oxygen atoms in total. The lowest BCUT2D eigenvalue weighted by atomic mass is 9.99. The van der Waals surface area contributed by atoms with Gasteiger partial charge in [0.2, 0.25) is 0 Å². The first-order chi connectivity index (χ1) is 6.20. The summed E-state index contributed by atoms with van der Waals surface area (Å²) >= 11 is 0. The Balaban J connectivity index is 3.39. The van der Waals surface area contributed by atoms with E-state index in [4.69, 9.17) is 16.3 Å². The van der Waals surface area contributed by atoms with Crippen LogP contribution in [0, 0.1) is 29.6 Å². The van der Waals surface area contributed by atoms with E-state index in [1.54, 1.807) is 6.07 Å². The first-order valence-corrected chi connectivity index (χ1v) is 3.85. The van der Waals surface area contributed by atoms with Crippen molar-refractivity contribution in [1.29, 1.82) is 10.5 Å². The van der Waals surface area contributed by atoms with Crippen molar-refractivity contribution in [3.63, 3.8) is 0 Å². The van der Waals surface area contributed by atoms with Gasteiger partial charge < -0.3 is 5.73 Å². The van der Waals surface area contributed by atoms with Gasteiger partial charge in [0.25, 0.3) is 0 Å². The van der Waals surface area contributed by atoms with Crippen molar-refractivity contribution in [2.45, 2.75) is 13.3 Å². The summed E-state index contributed by atoms with van der Waals surface area (Å²) in [6, 6.07) is 7.54. The lowest BCUT2D eigenvalue weighted by molar-refractivity contribution is 1.20. The number of nitrogen functional groups attached to an aromatic ring is 1. The monoisotopic (exact) mass is 171 g/mol. The highest BCUT2D eigenvalue weighted by Crippen LogP contribution is 2.20. The second-order valence-electron chi connectivity index (χ2n) is 2.77. The zero-order valence-electron chi connectivity index (χ0n) is 7.33. The molecule has 0 aliphatic carbocycles. The Morgan fingerprint density at radius 2 is 2.08 bits per heavy atom. The second kappa shape index (κ2) is 3.60. The predicted octanol–water partition coefficient (Wildman–Crippen LogP) is 1.51. The van der Waals surface area contributed by atoms with Crippen molar-refractivity contribution in [2.75, 3.05) is 5.73 Å². The van der Waals surface area contributed by atoms with Gasteiger partial charge in [-0.2, -0.15) is 10.5 Å². The van der Waals surface area contributed by atoms with Crippen molar-refractivity contribution in [2.24, 2.45) is 0 Å². The minimum atomic E-state index is 0.236. The zero-order chi connectivity index (χ0) is 9.84. The topological polar surface area (TPSA) is 73.6 Å². The molecule has 0 fully saturated rings. The summed E-state index contributed by atoms with van der Waals surface area (Å²) in [6.45, 7) is 1.87. The molecule has 0 bridgehead atoms. The van der Waals surface area contributed by atoms with E-state index < -0.39 is 0 Å². The summed E-state index contributed by atoms with van der Waals surface area (Å²) in [5.74, 6) is 0. The van der Waals surface area contributed by atoms with Crippen molar-refractivity contribution in [1.82, 2.24) is 0 Å². The van der Waals surface area contributed by atoms with Crippen LogP contribution in [-0.4, -0.2) is 0 Å². The Morgan fingerprint density at radius 3 is 2.62 bits per heavy atom. The van der Waals surface area contributed by atoms with Gasteiger partial charge in [-0.25, -0.2) is 0 Å². The van der Waals surface area contributed by atoms with Crippen molar-refractivity contribution >= 4 is 5.69 Å². The fourth-order valence-corrected chi connectivity index (χ4v) is 1.21. The van der Waals surface area contributed by atoms with E-state index >= 15 is 0 Å². The molecule has 0 saturated heterocycles. The highest BCUT2D eigenvalue weighted by atomic mass is 14.6. The molecule has 1 aromatic rings. The molecule has 0 unspecified atom stereocenters. The van der Waals surface area contributed by atoms with Gasteiger partial charge in [-0.3, -0.25) is 0 Å².